The molecular formula is C12H13FN2O. The van der Waals surface area contributed by atoms with Crippen LogP contribution < -0.4 is 4.74 Å². The summed E-state index contributed by atoms with van der Waals surface area (Å²) in [6.07, 6.45) is 1.79. The van der Waals surface area contributed by atoms with Gasteiger partial charge < -0.3 is 9.30 Å². The molecule has 3 nitrogen and oxygen atoms in total. The summed E-state index contributed by atoms with van der Waals surface area (Å²) in [5.74, 6) is 1.23. The Morgan fingerprint density at radius 2 is 2.00 bits per heavy atom. The van der Waals surface area contributed by atoms with Gasteiger partial charge in [-0.1, -0.05) is 0 Å². The van der Waals surface area contributed by atoms with Crippen molar-refractivity contribution in [1.82, 2.24) is 9.55 Å². The van der Waals surface area contributed by atoms with Gasteiger partial charge in [0.15, 0.2) is 0 Å². The molecule has 2 aromatic rings. The number of benzene rings is 1. The van der Waals surface area contributed by atoms with E-state index in [-0.39, 0.29) is 5.82 Å². The second-order valence-electron chi connectivity index (χ2n) is 3.62. The quantitative estimate of drug-likeness (QED) is 0.794. The average Bonchev–Trinajstić information content (AvgIpc) is 2.60. The number of halogens is 1. The molecule has 16 heavy (non-hydrogen) atoms. The third kappa shape index (κ3) is 2.21. The minimum atomic E-state index is -0.264. The number of hydrogen-bond donors (Lipinski definition) is 0. The fourth-order valence-corrected chi connectivity index (χ4v) is 1.36. The zero-order chi connectivity index (χ0) is 11.5. The van der Waals surface area contributed by atoms with Crippen molar-refractivity contribution >= 4 is 0 Å². The molecule has 0 amide bonds. The standard InChI is InChI=1S/C12H13FN2O/c1-9-7-14-12(15(9)2)8-16-11-5-3-10(13)4-6-11/h3-7H,8H2,1-2H3. The van der Waals surface area contributed by atoms with Crippen molar-refractivity contribution in [2.24, 2.45) is 7.05 Å². The Balaban J connectivity index is 2.02. The van der Waals surface area contributed by atoms with Gasteiger partial charge in [-0.2, -0.15) is 0 Å². The van der Waals surface area contributed by atoms with E-state index in [4.69, 9.17) is 4.74 Å². The molecule has 0 aliphatic rings. The number of aryl methyl sites for hydroxylation is 1. The number of ether oxygens (including phenoxy) is 1. The number of nitrogens with zero attached hydrogens (tertiary/aromatic N) is 2. The molecule has 1 aromatic carbocycles. The molecule has 1 heterocycles. The highest BCUT2D eigenvalue weighted by Gasteiger charge is 2.03. The van der Waals surface area contributed by atoms with Crippen molar-refractivity contribution in [2.75, 3.05) is 0 Å². The van der Waals surface area contributed by atoms with E-state index < -0.39 is 0 Å². The lowest BCUT2D eigenvalue weighted by Gasteiger charge is -2.06. The first-order chi connectivity index (χ1) is 7.66. The van der Waals surface area contributed by atoms with Crippen LogP contribution >= 0.6 is 0 Å². The Morgan fingerprint density at radius 3 is 2.56 bits per heavy atom. The zero-order valence-electron chi connectivity index (χ0n) is 9.27. The summed E-state index contributed by atoms with van der Waals surface area (Å²) in [5, 5.41) is 0. The van der Waals surface area contributed by atoms with E-state index >= 15 is 0 Å². The average molecular weight is 220 g/mol. The largest absolute Gasteiger partial charge is 0.486 e. The van der Waals surface area contributed by atoms with Crippen LogP contribution in [0.5, 0.6) is 5.75 Å². The second kappa shape index (κ2) is 4.35. The minimum Gasteiger partial charge on any atom is -0.486 e. The molecule has 0 aliphatic heterocycles. The van der Waals surface area contributed by atoms with Gasteiger partial charge in [-0.25, -0.2) is 9.37 Å². The third-order valence-corrected chi connectivity index (χ3v) is 2.50. The molecule has 0 spiro atoms. The molecule has 0 fully saturated rings. The van der Waals surface area contributed by atoms with Gasteiger partial charge in [-0.05, 0) is 31.2 Å². The van der Waals surface area contributed by atoms with Crippen molar-refractivity contribution in [2.45, 2.75) is 13.5 Å². The lowest BCUT2D eigenvalue weighted by molar-refractivity contribution is 0.291. The minimum absolute atomic E-state index is 0.264. The third-order valence-electron chi connectivity index (χ3n) is 2.50. The van der Waals surface area contributed by atoms with E-state index in [9.17, 15) is 4.39 Å². The van der Waals surface area contributed by atoms with E-state index in [1.54, 1.807) is 18.3 Å². The van der Waals surface area contributed by atoms with Crippen LogP contribution in [0.3, 0.4) is 0 Å². The first kappa shape index (κ1) is 10.7. The molecule has 0 aliphatic carbocycles. The molecule has 0 N–H and O–H groups in total. The van der Waals surface area contributed by atoms with Gasteiger partial charge in [0.25, 0.3) is 0 Å². The molecular weight excluding hydrogens is 207 g/mol. The van der Waals surface area contributed by atoms with Crippen molar-refractivity contribution in [3.63, 3.8) is 0 Å². The van der Waals surface area contributed by atoms with Gasteiger partial charge in [0.1, 0.15) is 24.0 Å². The summed E-state index contributed by atoms with van der Waals surface area (Å²) in [4.78, 5) is 4.21. The summed E-state index contributed by atoms with van der Waals surface area (Å²) < 4.78 is 20.1. The van der Waals surface area contributed by atoms with Gasteiger partial charge in [0.05, 0.1) is 0 Å². The van der Waals surface area contributed by atoms with Gasteiger partial charge in [-0.3, -0.25) is 0 Å². The Morgan fingerprint density at radius 1 is 1.31 bits per heavy atom. The summed E-state index contributed by atoms with van der Waals surface area (Å²) in [6, 6.07) is 5.95. The number of aromatic nitrogens is 2. The summed E-state index contributed by atoms with van der Waals surface area (Å²) >= 11 is 0. The SMILES string of the molecule is Cc1cnc(COc2ccc(F)cc2)n1C. The zero-order valence-corrected chi connectivity index (χ0v) is 9.27. The maximum absolute atomic E-state index is 12.6. The molecule has 4 heteroatoms. The first-order valence-corrected chi connectivity index (χ1v) is 5.02. The van der Waals surface area contributed by atoms with Gasteiger partial charge in [-0.15, -0.1) is 0 Å². The van der Waals surface area contributed by atoms with Crippen LogP contribution in [0.2, 0.25) is 0 Å². The monoisotopic (exact) mass is 220 g/mol. The van der Waals surface area contributed by atoms with E-state index in [1.807, 2.05) is 18.5 Å². The van der Waals surface area contributed by atoms with Crippen LogP contribution in [-0.2, 0) is 13.7 Å². The molecule has 0 saturated carbocycles. The predicted molar refractivity (Wildman–Crippen MR) is 58.7 cm³/mol. The van der Waals surface area contributed by atoms with Crippen LogP contribution in [0.15, 0.2) is 30.5 Å². The van der Waals surface area contributed by atoms with Crippen LogP contribution in [-0.4, -0.2) is 9.55 Å². The first-order valence-electron chi connectivity index (χ1n) is 5.02. The van der Waals surface area contributed by atoms with Crippen molar-refractivity contribution in [3.8, 4) is 5.75 Å². The highest BCUT2D eigenvalue weighted by Crippen LogP contribution is 2.13. The highest BCUT2D eigenvalue weighted by molar-refractivity contribution is 5.22. The number of hydrogen-bond acceptors (Lipinski definition) is 2. The molecule has 0 radical (unpaired) electrons. The number of imidazole rings is 1. The Kier molecular flexibility index (Phi) is 2.90. The van der Waals surface area contributed by atoms with E-state index in [1.165, 1.54) is 12.1 Å². The molecule has 1 aromatic heterocycles. The molecule has 0 atom stereocenters. The van der Waals surface area contributed by atoms with E-state index in [2.05, 4.69) is 4.98 Å². The van der Waals surface area contributed by atoms with Crippen molar-refractivity contribution in [3.05, 3.63) is 47.8 Å². The maximum atomic E-state index is 12.6. The van der Waals surface area contributed by atoms with E-state index in [0.717, 1.165) is 11.5 Å². The number of rotatable bonds is 3. The highest BCUT2D eigenvalue weighted by atomic mass is 19.1. The summed E-state index contributed by atoms with van der Waals surface area (Å²) in [6.45, 7) is 2.37. The normalized spacial score (nSPS) is 10.4. The van der Waals surface area contributed by atoms with Gasteiger partial charge >= 0.3 is 0 Å². The Bertz CT molecular complexity index is 476. The summed E-state index contributed by atoms with van der Waals surface area (Å²) in [5.41, 5.74) is 1.08. The van der Waals surface area contributed by atoms with Gasteiger partial charge in [0, 0.05) is 18.9 Å². The van der Waals surface area contributed by atoms with E-state index in [0.29, 0.717) is 12.4 Å². The fourth-order valence-electron chi connectivity index (χ4n) is 1.36. The molecule has 2 rings (SSSR count). The van der Waals surface area contributed by atoms with Crippen molar-refractivity contribution in [1.29, 1.82) is 0 Å². The van der Waals surface area contributed by atoms with Crippen LogP contribution in [0.4, 0.5) is 4.39 Å². The molecule has 84 valence electrons. The molecule has 0 bridgehead atoms. The lowest BCUT2D eigenvalue weighted by Crippen LogP contribution is -2.04. The molecule has 0 unspecified atom stereocenters. The van der Waals surface area contributed by atoms with Gasteiger partial charge in [0.2, 0.25) is 0 Å². The van der Waals surface area contributed by atoms with Crippen LogP contribution in [0.1, 0.15) is 11.5 Å². The molecule has 0 saturated heterocycles. The fraction of sp³-hybridized carbons (Fsp3) is 0.250. The summed E-state index contributed by atoms with van der Waals surface area (Å²) in [7, 11) is 1.94. The second-order valence-corrected chi connectivity index (χ2v) is 3.62. The van der Waals surface area contributed by atoms with Crippen LogP contribution in [0.25, 0.3) is 0 Å². The topological polar surface area (TPSA) is 27.1 Å². The Hall–Kier alpha value is -1.84. The predicted octanol–water partition coefficient (Wildman–Crippen LogP) is 2.45. The van der Waals surface area contributed by atoms with Crippen molar-refractivity contribution < 1.29 is 9.13 Å². The van der Waals surface area contributed by atoms with Crippen LogP contribution in [0, 0.1) is 12.7 Å². The smallest absolute Gasteiger partial charge is 0.146 e. The Labute approximate surface area is 93.5 Å². The lowest BCUT2D eigenvalue weighted by atomic mass is 10.3. The maximum Gasteiger partial charge on any atom is 0.146 e.